The number of aliphatic hydroxyl groups excluding tert-OH is 1. The third-order valence-electron chi connectivity index (χ3n) is 5.17. The van der Waals surface area contributed by atoms with E-state index in [0.717, 1.165) is 19.3 Å². The Balaban J connectivity index is 5.10. The Morgan fingerprint density at radius 3 is 2.27 bits per heavy atom. The highest BCUT2D eigenvalue weighted by Crippen LogP contribution is 2.30. The lowest BCUT2D eigenvalue weighted by molar-refractivity contribution is -0.144. The number of carbonyl (C=O) groups is 1. The molecular formula is C22H40O4. The summed E-state index contributed by atoms with van der Waals surface area (Å²) < 4.78 is 4.65. The van der Waals surface area contributed by atoms with E-state index in [2.05, 4.69) is 37.7 Å². The SMILES string of the molecule is CC/C=C/C(CC)C/C(C)=C/[C@@](O)(CC)C[C@@H](CC)[C@H](O)CC(=O)OC. The summed E-state index contributed by atoms with van der Waals surface area (Å²) in [5.74, 6) is -0.0829. The molecule has 0 aliphatic carbocycles. The minimum atomic E-state index is -0.964. The van der Waals surface area contributed by atoms with Gasteiger partial charge in [-0.3, -0.25) is 4.79 Å². The number of carbonyl (C=O) groups excluding carboxylic acids is 1. The predicted molar refractivity (Wildman–Crippen MR) is 108 cm³/mol. The van der Waals surface area contributed by atoms with Gasteiger partial charge in [0.15, 0.2) is 0 Å². The molecule has 0 saturated carbocycles. The van der Waals surface area contributed by atoms with Crippen LogP contribution in [-0.2, 0) is 9.53 Å². The maximum Gasteiger partial charge on any atom is 0.308 e. The molecule has 4 nitrogen and oxygen atoms in total. The van der Waals surface area contributed by atoms with Gasteiger partial charge in [0.05, 0.1) is 25.2 Å². The molecule has 0 bridgehead atoms. The van der Waals surface area contributed by atoms with Gasteiger partial charge in [0.25, 0.3) is 0 Å². The zero-order valence-electron chi connectivity index (χ0n) is 17.6. The molecule has 26 heavy (non-hydrogen) atoms. The molecule has 152 valence electrons. The van der Waals surface area contributed by atoms with Gasteiger partial charge in [0.2, 0.25) is 0 Å². The molecule has 0 aliphatic rings. The second kappa shape index (κ2) is 13.1. The van der Waals surface area contributed by atoms with E-state index in [0.29, 0.717) is 25.2 Å². The number of allylic oxidation sites excluding steroid dienone is 3. The van der Waals surface area contributed by atoms with E-state index in [9.17, 15) is 15.0 Å². The fourth-order valence-corrected chi connectivity index (χ4v) is 3.34. The van der Waals surface area contributed by atoms with Gasteiger partial charge in [-0.15, -0.1) is 0 Å². The zero-order valence-corrected chi connectivity index (χ0v) is 17.6. The average molecular weight is 369 g/mol. The Bertz CT molecular complexity index is 455. The van der Waals surface area contributed by atoms with E-state index in [1.54, 1.807) is 0 Å². The largest absolute Gasteiger partial charge is 0.469 e. The van der Waals surface area contributed by atoms with Crippen molar-refractivity contribution in [3.8, 4) is 0 Å². The first kappa shape index (κ1) is 24.9. The maximum absolute atomic E-state index is 11.4. The fraction of sp³-hybridized carbons (Fsp3) is 0.773. The van der Waals surface area contributed by atoms with Crippen LogP contribution in [0.15, 0.2) is 23.8 Å². The molecule has 0 aliphatic heterocycles. The molecule has 0 spiro atoms. The molecule has 0 rings (SSSR count). The van der Waals surface area contributed by atoms with Crippen LogP contribution in [0.1, 0.15) is 79.6 Å². The zero-order chi connectivity index (χ0) is 20.2. The highest BCUT2D eigenvalue weighted by molar-refractivity contribution is 5.69. The van der Waals surface area contributed by atoms with Gasteiger partial charge >= 0.3 is 5.97 Å². The van der Waals surface area contributed by atoms with Gasteiger partial charge in [-0.25, -0.2) is 0 Å². The van der Waals surface area contributed by atoms with E-state index in [1.165, 1.54) is 12.7 Å². The van der Waals surface area contributed by atoms with Crippen LogP contribution in [0.5, 0.6) is 0 Å². The highest BCUT2D eigenvalue weighted by atomic mass is 16.5. The van der Waals surface area contributed by atoms with Crippen molar-refractivity contribution in [2.75, 3.05) is 7.11 Å². The smallest absolute Gasteiger partial charge is 0.308 e. The van der Waals surface area contributed by atoms with Crippen LogP contribution in [0.3, 0.4) is 0 Å². The van der Waals surface area contributed by atoms with Crippen LogP contribution in [0, 0.1) is 11.8 Å². The van der Waals surface area contributed by atoms with Gasteiger partial charge in [-0.2, -0.15) is 0 Å². The summed E-state index contributed by atoms with van der Waals surface area (Å²) in [4.78, 5) is 11.4. The lowest BCUT2D eigenvalue weighted by Crippen LogP contribution is -2.34. The Hall–Kier alpha value is -1.13. The van der Waals surface area contributed by atoms with Crippen molar-refractivity contribution in [2.45, 2.75) is 91.3 Å². The van der Waals surface area contributed by atoms with Crippen molar-refractivity contribution in [3.05, 3.63) is 23.8 Å². The predicted octanol–water partition coefficient (Wildman–Crippen LogP) is 4.80. The molecule has 1 unspecified atom stereocenters. The summed E-state index contributed by atoms with van der Waals surface area (Å²) in [6, 6.07) is 0. The second-order valence-corrected chi connectivity index (χ2v) is 7.38. The van der Waals surface area contributed by atoms with Crippen LogP contribution >= 0.6 is 0 Å². The number of hydrogen-bond acceptors (Lipinski definition) is 4. The first-order valence-corrected chi connectivity index (χ1v) is 10.1. The Morgan fingerprint density at radius 1 is 1.15 bits per heavy atom. The summed E-state index contributed by atoms with van der Waals surface area (Å²) in [6.45, 7) is 10.3. The molecule has 4 heteroatoms. The Morgan fingerprint density at radius 2 is 1.81 bits per heavy atom. The molecular weight excluding hydrogens is 328 g/mol. The summed E-state index contributed by atoms with van der Waals surface area (Å²) in [5.41, 5.74) is 0.202. The summed E-state index contributed by atoms with van der Waals surface area (Å²) in [7, 11) is 1.32. The minimum absolute atomic E-state index is 0.0305. The van der Waals surface area contributed by atoms with Crippen LogP contribution in [-0.4, -0.2) is 35.0 Å². The molecule has 0 aromatic heterocycles. The third kappa shape index (κ3) is 9.54. The average Bonchev–Trinajstić information content (AvgIpc) is 2.62. The molecule has 0 heterocycles. The monoisotopic (exact) mass is 368 g/mol. The molecule has 0 radical (unpaired) electrons. The van der Waals surface area contributed by atoms with Gasteiger partial charge < -0.3 is 14.9 Å². The topological polar surface area (TPSA) is 66.8 Å². The quantitative estimate of drug-likeness (QED) is 0.362. The van der Waals surface area contributed by atoms with Crippen LogP contribution < -0.4 is 0 Å². The number of ether oxygens (including phenoxy) is 1. The number of aliphatic hydroxyl groups is 2. The molecule has 0 aromatic carbocycles. The first-order valence-electron chi connectivity index (χ1n) is 10.1. The fourth-order valence-electron chi connectivity index (χ4n) is 3.34. The molecule has 0 saturated heterocycles. The summed E-state index contributed by atoms with van der Waals surface area (Å²) in [6.07, 6.45) is 10.3. The van der Waals surface area contributed by atoms with Crippen molar-refractivity contribution in [3.63, 3.8) is 0 Å². The van der Waals surface area contributed by atoms with Gasteiger partial charge in [-0.1, -0.05) is 57.9 Å². The van der Waals surface area contributed by atoms with Gasteiger partial charge in [0.1, 0.15) is 0 Å². The second-order valence-electron chi connectivity index (χ2n) is 7.38. The highest BCUT2D eigenvalue weighted by Gasteiger charge is 2.31. The van der Waals surface area contributed by atoms with Crippen molar-refractivity contribution < 1.29 is 19.7 Å². The van der Waals surface area contributed by atoms with Crippen molar-refractivity contribution in [1.82, 2.24) is 0 Å². The standard InChI is InChI=1S/C22H40O4/c1-7-11-12-18(8-2)13-17(5)15-22(25,10-4)16-19(9-3)20(23)14-21(24)26-6/h11-12,15,18-20,23,25H,7-10,13-14,16H2,1-6H3/b12-11+,17-15+/t18?,19-,20-,22+/m1/s1. The Kier molecular flexibility index (Phi) is 12.5. The van der Waals surface area contributed by atoms with Crippen LogP contribution in [0.4, 0.5) is 0 Å². The molecule has 0 aromatic rings. The summed E-state index contributed by atoms with van der Waals surface area (Å²) >= 11 is 0. The molecule has 0 fully saturated rings. The van der Waals surface area contributed by atoms with E-state index >= 15 is 0 Å². The minimum Gasteiger partial charge on any atom is -0.469 e. The molecule has 4 atom stereocenters. The van der Waals surface area contributed by atoms with Crippen LogP contribution in [0.25, 0.3) is 0 Å². The normalized spacial score (nSPS) is 18.4. The van der Waals surface area contributed by atoms with E-state index in [-0.39, 0.29) is 12.3 Å². The first-order chi connectivity index (χ1) is 12.2. The number of methoxy groups -OCH3 is 1. The van der Waals surface area contributed by atoms with Crippen molar-refractivity contribution >= 4 is 5.97 Å². The third-order valence-corrected chi connectivity index (χ3v) is 5.17. The number of rotatable bonds is 13. The summed E-state index contributed by atoms with van der Waals surface area (Å²) in [5, 5.41) is 21.4. The van der Waals surface area contributed by atoms with Crippen molar-refractivity contribution in [2.24, 2.45) is 11.8 Å². The van der Waals surface area contributed by atoms with E-state index < -0.39 is 17.7 Å². The number of esters is 1. The van der Waals surface area contributed by atoms with Crippen molar-refractivity contribution in [1.29, 1.82) is 0 Å². The Labute approximate surface area is 160 Å². The molecule has 0 amide bonds. The van der Waals surface area contributed by atoms with Gasteiger partial charge in [-0.05, 0) is 50.9 Å². The molecule has 2 N–H and O–H groups in total. The van der Waals surface area contributed by atoms with Gasteiger partial charge in [0, 0.05) is 0 Å². The lowest BCUT2D eigenvalue weighted by atomic mass is 9.81. The number of hydrogen-bond donors (Lipinski definition) is 2. The van der Waals surface area contributed by atoms with Crippen LogP contribution in [0.2, 0.25) is 0 Å². The van der Waals surface area contributed by atoms with E-state index in [1.807, 2.05) is 19.9 Å². The maximum atomic E-state index is 11.4. The lowest BCUT2D eigenvalue weighted by Gasteiger charge is -2.31. The van der Waals surface area contributed by atoms with E-state index in [4.69, 9.17) is 0 Å².